The SMILES string of the molecule is COC(=O)c1cccc(NC=C(C#N)c2nn[nH]n2)c1C. The van der Waals surface area contributed by atoms with Gasteiger partial charge in [0, 0.05) is 11.9 Å². The highest BCUT2D eigenvalue weighted by molar-refractivity contribution is 5.92. The molecule has 0 saturated carbocycles. The minimum atomic E-state index is -0.418. The molecule has 2 N–H and O–H groups in total. The number of benzene rings is 1. The zero-order chi connectivity index (χ0) is 15.2. The van der Waals surface area contributed by atoms with Gasteiger partial charge < -0.3 is 10.1 Å². The van der Waals surface area contributed by atoms with Crippen molar-refractivity contribution in [1.82, 2.24) is 20.6 Å². The lowest BCUT2D eigenvalue weighted by atomic mass is 10.1. The van der Waals surface area contributed by atoms with Crippen molar-refractivity contribution in [2.45, 2.75) is 6.92 Å². The molecule has 1 heterocycles. The van der Waals surface area contributed by atoms with Gasteiger partial charge in [-0.05, 0) is 29.8 Å². The molecule has 0 atom stereocenters. The van der Waals surface area contributed by atoms with Crippen molar-refractivity contribution in [3.05, 3.63) is 41.4 Å². The average Bonchev–Trinajstić information content (AvgIpc) is 3.03. The van der Waals surface area contributed by atoms with Crippen LogP contribution in [0, 0.1) is 18.3 Å². The molecule has 1 aromatic heterocycles. The van der Waals surface area contributed by atoms with Gasteiger partial charge in [-0.2, -0.15) is 10.5 Å². The van der Waals surface area contributed by atoms with Gasteiger partial charge in [0.05, 0.1) is 12.7 Å². The number of ether oxygens (including phenoxy) is 1. The van der Waals surface area contributed by atoms with Gasteiger partial charge in [0.25, 0.3) is 0 Å². The molecule has 2 rings (SSSR count). The second-order valence-electron chi connectivity index (χ2n) is 4.02. The lowest BCUT2D eigenvalue weighted by Gasteiger charge is -2.09. The number of allylic oxidation sites excluding steroid dienone is 1. The van der Waals surface area contributed by atoms with Crippen molar-refractivity contribution < 1.29 is 9.53 Å². The van der Waals surface area contributed by atoms with E-state index in [0.29, 0.717) is 16.8 Å². The van der Waals surface area contributed by atoms with E-state index in [2.05, 4.69) is 25.9 Å². The monoisotopic (exact) mass is 284 g/mol. The Bertz CT molecular complexity index is 715. The summed E-state index contributed by atoms with van der Waals surface area (Å²) in [4.78, 5) is 11.6. The Hall–Kier alpha value is -3.21. The van der Waals surface area contributed by atoms with Crippen molar-refractivity contribution in [3.63, 3.8) is 0 Å². The Morgan fingerprint density at radius 1 is 1.52 bits per heavy atom. The van der Waals surface area contributed by atoms with Crippen LogP contribution in [0.15, 0.2) is 24.4 Å². The fourth-order valence-corrected chi connectivity index (χ4v) is 1.70. The molecule has 0 spiro atoms. The molecule has 1 aromatic carbocycles. The third-order valence-electron chi connectivity index (χ3n) is 2.82. The molecule has 0 unspecified atom stereocenters. The highest BCUT2D eigenvalue weighted by Crippen LogP contribution is 2.20. The van der Waals surface area contributed by atoms with E-state index in [4.69, 9.17) is 10.00 Å². The van der Waals surface area contributed by atoms with E-state index in [1.807, 2.05) is 6.07 Å². The summed E-state index contributed by atoms with van der Waals surface area (Å²) in [7, 11) is 1.33. The van der Waals surface area contributed by atoms with Crippen LogP contribution in [0.5, 0.6) is 0 Å². The van der Waals surface area contributed by atoms with E-state index in [9.17, 15) is 4.79 Å². The van der Waals surface area contributed by atoms with Gasteiger partial charge in [0.15, 0.2) is 0 Å². The van der Waals surface area contributed by atoms with Crippen LogP contribution < -0.4 is 5.32 Å². The Morgan fingerprint density at radius 3 is 2.95 bits per heavy atom. The predicted molar refractivity (Wildman–Crippen MR) is 73.9 cm³/mol. The van der Waals surface area contributed by atoms with E-state index in [0.717, 1.165) is 0 Å². The number of anilines is 1. The largest absolute Gasteiger partial charge is 0.465 e. The fourth-order valence-electron chi connectivity index (χ4n) is 1.70. The van der Waals surface area contributed by atoms with Crippen LogP contribution in [0.3, 0.4) is 0 Å². The molecule has 2 aromatic rings. The van der Waals surface area contributed by atoms with Crippen molar-refractivity contribution in [3.8, 4) is 6.07 Å². The maximum atomic E-state index is 11.6. The summed E-state index contributed by atoms with van der Waals surface area (Å²) < 4.78 is 4.71. The Labute approximate surface area is 120 Å². The number of hydrogen-bond acceptors (Lipinski definition) is 7. The zero-order valence-electron chi connectivity index (χ0n) is 11.4. The molecule has 8 heteroatoms. The van der Waals surface area contributed by atoms with Crippen LogP contribution in [-0.2, 0) is 4.74 Å². The van der Waals surface area contributed by atoms with Gasteiger partial charge in [0.2, 0.25) is 5.82 Å². The van der Waals surface area contributed by atoms with Crippen LogP contribution in [0.1, 0.15) is 21.7 Å². The van der Waals surface area contributed by atoms with Crippen molar-refractivity contribution >= 4 is 17.2 Å². The molecule has 21 heavy (non-hydrogen) atoms. The number of carbonyl (C=O) groups excluding carboxylic acids is 1. The first-order valence-corrected chi connectivity index (χ1v) is 5.96. The van der Waals surface area contributed by atoms with Crippen molar-refractivity contribution in [2.24, 2.45) is 0 Å². The normalized spacial score (nSPS) is 10.8. The first kappa shape index (κ1) is 14.2. The third kappa shape index (κ3) is 3.03. The van der Waals surface area contributed by atoms with E-state index in [1.54, 1.807) is 25.1 Å². The second kappa shape index (κ2) is 6.29. The number of aromatic nitrogens is 4. The number of nitrogens with one attached hydrogen (secondary N) is 2. The number of tetrazole rings is 1. The molecule has 106 valence electrons. The Balaban J connectivity index is 2.28. The zero-order valence-corrected chi connectivity index (χ0v) is 11.4. The summed E-state index contributed by atoms with van der Waals surface area (Å²) in [5.74, 6) is -0.231. The van der Waals surface area contributed by atoms with Crippen LogP contribution in [0.25, 0.3) is 5.57 Å². The molecule has 0 amide bonds. The summed E-state index contributed by atoms with van der Waals surface area (Å²) >= 11 is 0. The van der Waals surface area contributed by atoms with E-state index in [-0.39, 0.29) is 11.4 Å². The molecule has 0 aliphatic rings. The predicted octanol–water partition coefficient (Wildman–Crippen LogP) is 1.27. The number of aromatic amines is 1. The summed E-state index contributed by atoms with van der Waals surface area (Å²) in [6.07, 6.45) is 1.45. The smallest absolute Gasteiger partial charge is 0.338 e. The van der Waals surface area contributed by atoms with Gasteiger partial charge in [-0.3, -0.25) is 0 Å². The number of rotatable bonds is 4. The van der Waals surface area contributed by atoms with Crippen LogP contribution >= 0.6 is 0 Å². The number of nitrogens with zero attached hydrogens (tertiary/aromatic N) is 4. The van der Waals surface area contributed by atoms with Crippen molar-refractivity contribution in [2.75, 3.05) is 12.4 Å². The minimum Gasteiger partial charge on any atom is -0.465 e. The fraction of sp³-hybridized carbons (Fsp3) is 0.154. The van der Waals surface area contributed by atoms with E-state index in [1.165, 1.54) is 13.3 Å². The highest BCUT2D eigenvalue weighted by atomic mass is 16.5. The van der Waals surface area contributed by atoms with Crippen molar-refractivity contribution in [1.29, 1.82) is 5.26 Å². The maximum absolute atomic E-state index is 11.6. The molecule has 0 saturated heterocycles. The minimum absolute atomic E-state index is 0.187. The molecular formula is C13H12N6O2. The number of hydrogen-bond donors (Lipinski definition) is 2. The number of nitriles is 1. The number of methoxy groups -OCH3 is 1. The lowest BCUT2D eigenvalue weighted by Crippen LogP contribution is -2.05. The number of esters is 1. The Morgan fingerprint density at radius 2 is 2.33 bits per heavy atom. The summed E-state index contributed by atoms with van der Waals surface area (Å²) in [5.41, 5.74) is 2.06. The van der Waals surface area contributed by atoms with Gasteiger partial charge in [-0.25, -0.2) is 4.79 Å². The second-order valence-corrected chi connectivity index (χ2v) is 4.02. The van der Waals surface area contributed by atoms with Crippen LogP contribution in [0.2, 0.25) is 0 Å². The molecule has 0 aliphatic carbocycles. The molecule has 0 radical (unpaired) electrons. The van der Waals surface area contributed by atoms with Crippen LogP contribution in [-0.4, -0.2) is 33.7 Å². The molecule has 0 bridgehead atoms. The summed E-state index contributed by atoms with van der Waals surface area (Å²) in [6, 6.07) is 7.13. The molecular weight excluding hydrogens is 272 g/mol. The number of carbonyl (C=O) groups is 1. The molecule has 8 nitrogen and oxygen atoms in total. The number of H-pyrrole nitrogens is 1. The van der Waals surface area contributed by atoms with Crippen LogP contribution in [0.4, 0.5) is 5.69 Å². The Kier molecular flexibility index (Phi) is 4.26. The topological polar surface area (TPSA) is 117 Å². The van der Waals surface area contributed by atoms with Gasteiger partial charge in [0.1, 0.15) is 11.6 Å². The first-order valence-electron chi connectivity index (χ1n) is 5.96. The average molecular weight is 284 g/mol. The molecule has 0 fully saturated rings. The lowest BCUT2D eigenvalue weighted by molar-refractivity contribution is 0.0600. The quantitative estimate of drug-likeness (QED) is 0.641. The summed E-state index contributed by atoms with van der Waals surface area (Å²) in [5, 5.41) is 25.2. The molecule has 0 aliphatic heterocycles. The standard InChI is InChI=1S/C13H12N6O2/c1-8-10(13(20)21-2)4-3-5-11(8)15-7-9(6-14)12-16-18-19-17-12/h3-5,7,15H,1-2H3,(H,16,17,18,19). The van der Waals surface area contributed by atoms with E-state index >= 15 is 0 Å². The first-order chi connectivity index (χ1) is 10.2. The highest BCUT2D eigenvalue weighted by Gasteiger charge is 2.12. The third-order valence-corrected chi connectivity index (χ3v) is 2.82. The maximum Gasteiger partial charge on any atom is 0.338 e. The van der Waals surface area contributed by atoms with E-state index < -0.39 is 5.97 Å². The van der Waals surface area contributed by atoms with Gasteiger partial charge in [-0.15, -0.1) is 10.2 Å². The van der Waals surface area contributed by atoms with Gasteiger partial charge >= 0.3 is 5.97 Å². The summed E-state index contributed by atoms with van der Waals surface area (Å²) in [6.45, 7) is 1.78. The van der Waals surface area contributed by atoms with Gasteiger partial charge in [-0.1, -0.05) is 6.07 Å².